The molecule has 2 heterocycles. The van der Waals surface area contributed by atoms with Crippen molar-refractivity contribution in [2.24, 2.45) is 11.8 Å². The van der Waals surface area contributed by atoms with E-state index in [1.54, 1.807) is 0 Å². The van der Waals surface area contributed by atoms with Crippen LogP contribution in [0.2, 0.25) is 0 Å². The molecule has 0 spiro atoms. The molecular weight excluding hydrogens is 174 g/mol. The van der Waals surface area contributed by atoms with Gasteiger partial charge in [0.05, 0.1) is 6.20 Å². The SMILES string of the molecule is c1n[nH]cc1C1CCC2CNCC1C2. The fourth-order valence-electron chi connectivity index (χ4n) is 3.15. The molecule has 1 aromatic rings. The van der Waals surface area contributed by atoms with Crippen molar-refractivity contribution in [1.82, 2.24) is 15.5 Å². The van der Waals surface area contributed by atoms with Crippen LogP contribution in [-0.4, -0.2) is 23.3 Å². The first-order valence-electron chi connectivity index (χ1n) is 5.63. The predicted octanol–water partition coefficient (Wildman–Crippen LogP) is 1.51. The molecule has 1 aliphatic carbocycles. The lowest BCUT2D eigenvalue weighted by Gasteiger charge is -2.40. The summed E-state index contributed by atoms with van der Waals surface area (Å²) in [6.07, 6.45) is 8.23. The van der Waals surface area contributed by atoms with E-state index in [0.717, 1.165) is 17.8 Å². The highest BCUT2D eigenvalue weighted by molar-refractivity contribution is 5.14. The molecule has 3 atom stereocenters. The third-order valence-corrected chi connectivity index (χ3v) is 3.88. The van der Waals surface area contributed by atoms with Crippen molar-refractivity contribution in [1.29, 1.82) is 0 Å². The highest BCUT2D eigenvalue weighted by Gasteiger charge is 2.34. The number of fused-ring (bicyclic) bond motifs is 2. The van der Waals surface area contributed by atoms with Gasteiger partial charge in [0.2, 0.25) is 0 Å². The van der Waals surface area contributed by atoms with Gasteiger partial charge in [0.15, 0.2) is 0 Å². The molecule has 1 saturated carbocycles. The van der Waals surface area contributed by atoms with Crippen LogP contribution in [0.5, 0.6) is 0 Å². The summed E-state index contributed by atoms with van der Waals surface area (Å²) in [6.45, 7) is 2.45. The van der Waals surface area contributed by atoms with Crippen molar-refractivity contribution in [3.8, 4) is 0 Å². The summed E-state index contributed by atoms with van der Waals surface area (Å²) in [6, 6.07) is 0. The number of nitrogens with zero attached hydrogens (tertiary/aromatic N) is 1. The minimum atomic E-state index is 0.748. The van der Waals surface area contributed by atoms with E-state index >= 15 is 0 Å². The summed E-state index contributed by atoms with van der Waals surface area (Å²) in [7, 11) is 0. The Hall–Kier alpha value is -0.830. The van der Waals surface area contributed by atoms with E-state index in [4.69, 9.17) is 0 Å². The normalized spacial score (nSPS) is 37.0. The summed E-state index contributed by atoms with van der Waals surface area (Å²) in [5, 5.41) is 10.5. The lowest BCUT2D eigenvalue weighted by molar-refractivity contribution is 0.180. The first-order valence-corrected chi connectivity index (χ1v) is 5.63. The largest absolute Gasteiger partial charge is 0.316 e. The van der Waals surface area contributed by atoms with E-state index < -0.39 is 0 Å². The number of piperidine rings is 1. The molecule has 14 heavy (non-hydrogen) atoms. The highest BCUT2D eigenvalue weighted by Crippen LogP contribution is 2.41. The molecule has 0 radical (unpaired) electrons. The summed E-state index contributed by atoms with van der Waals surface area (Å²) >= 11 is 0. The Labute approximate surface area is 84.3 Å². The molecule has 2 aliphatic rings. The fraction of sp³-hybridized carbons (Fsp3) is 0.727. The first kappa shape index (κ1) is 8.48. The maximum atomic E-state index is 4.06. The van der Waals surface area contributed by atoms with Crippen LogP contribution in [-0.2, 0) is 0 Å². The highest BCUT2D eigenvalue weighted by atomic mass is 15.1. The van der Waals surface area contributed by atoms with E-state index in [9.17, 15) is 0 Å². The Morgan fingerprint density at radius 2 is 2.29 bits per heavy atom. The van der Waals surface area contributed by atoms with Crippen LogP contribution in [0.3, 0.4) is 0 Å². The van der Waals surface area contributed by atoms with Gasteiger partial charge in [-0.1, -0.05) is 0 Å². The molecule has 3 nitrogen and oxygen atoms in total. The third-order valence-electron chi connectivity index (χ3n) is 3.88. The minimum absolute atomic E-state index is 0.748. The standard InChI is InChI=1S/C11H17N3/c1-2-11(10-6-13-14-7-10)9-3-8(1)4-12-5-9/h6-9,11-12H,1-5H2,(H,13,14). The number of rotatable bonds is 1. The lowest BCUT2D eigenvalue weighted by Crippen LogP contribution is -2.42. The van der Waals surface area contributed by atoms with Gasteiger partial charge in [0.25, 0.3) is 0 Å². The zero-order valence-electron chi connectivity index (χ0n) is 8.37. The molecule has 1 saturated heterocycles. The van der Waals surface area contributed by atoms with Gasteiger partial charge in [0, 0.05) is 6.20 Å². The molecule has 3 unspecified atom stereocenters. The van der Waals surface area contributed by atoms with Gasteiger partial charge < -0.3 is 5.32 Å². The van der Waals surface area contributed by atoms with Gasteiger partial charge in [0.1, 0.15) is 0 Å². The summed E-state index contributed by atoms with van der Waals surface area (Å²) in [5.74, 6) is 2.54. The number of aromatic nitrogens is 2. The number of hydrogen-bond donors (Lipinski definition) is 2. The van der Waals surface area contributed by atoms with E-state index in [-0.39, 0.29) is 0 Å². The molecular formula is C11H17N3. The molecule has 2 fully saturated rings. The van der Waals surface area contributed by atoms with Crippen LogP contribution in [0.1, 0.15) is 30.7 Å². The number of H-pyrrole nitrogens is 1. The second-order valence-electron chi connectivity index (χ2n) is 4.74. The number of aromatic amines is 1. The Balaban J connectivity index is 1.80. The Bertz CT molecular complexity index is 293. The topological polar surface area (TPSA) is 40.7 Å². The van der Waals surface area contributed by atoms with Crippen LogP contribution in [0.25, 0.3) is 0 Å². The zero-order chi connectivity index (χ0) is 9.38. The number of nitrogens with one attached hydrogen (secondary N) is 2. The maximum Gasteiger partial charge on any atom is 0.0522 e. The van der Waals surface area contributed by atoms with Crippen molar-refractivity contribution < 1.29 is 0 Å². The fourth-order valence-corrected chi connectivity index (χ4v) is 3.15. The molecule has 76 valence electrons. The Morgan fingerprint density at radius 3 is 3.14 bits per heavy atom. The summed E-state index contributed by atoms with van der Waals surface area (Å²) in [5.41, 5.74) is 1.41. The van der Waals surface area contributed by atoms with Crippen LogP contribution < -0.4 is 5.32 Å². The average Bonchev–Trinajstić information content (AvgIpc) is 2.71. The van der Waals surface area contributed by atoms with Crippen molar-refractivity contribution in [3.05, 3.63) is 18.0 Å². The van der Waals surface area contributed by atoms with Crippen molar-refractivity contribution in [3.63, 3.8) is 0 Å². The molecule has 1 aliphatic heterocycles. The first-order chi connectivity index (χ1) is 6.93. The maximum absolute atomic E-state index is 4.06. The van der Waals surface area contributed by atoms with E-state index in [1.165, 1.54) is 37.9 Å². The minimum Gasteiger partial charge on any atom is -0.316 e. The molecule has 1 aromatic heterocycles. The van der Waals surface area contributed by atoms with E-state index in [0.29, 0.717) is 0 Å². The van der Waals surface area contributed by atoms with Crippen molar-refractivity contribution >= 4 is 0 Å². The van der Waals surface area contributed by atoms with Crippen molar-refractivity contribution in [2.75, 3.05) is 13.1 Å². The van der Waals surface area contributed by atoms with Gasteiger partial charge in [-0.2, -0.15) is 5.10 Å². The molecule has 0 amide bonds. The van der Waals surface area contributed by atoms with Gasteiger partial charge in [-0.15, -0.1) is 0 Å². The van der Waals surface area contributed by atoms with E-state index in [1.807, 2.05) is 6.20 Å². The second kappa shape index (κ2) is 3.39. The van der Waals surface area contributed by atoms with Crippen LogP contribution in [0, 0.1) is 11.8 Å². The summed E-state index contributed by atoms with van der Waals surface area (Å²) < 4.78 is 0. The van der Waals surface area contributed by atoms with Crippen LogP contribution in [0.15, 0.2) is 12.4 Å². The molecule has 3 rings (SSSR count). The molecule has 0 aromatic carbocycles. The van der Waals surface area contributed by atoms with Gasteiger partial charge in [-0.25, -0.2) is 0 Å². The number of hydrogen-bond acceptors (Lipinski definition) is 2. The average molecular weight is 191 g/mol. The second-order valence-corrected chi connectivity index (χ2v) is 4.74. The van der Waals surface area contributed by atoms with Gasteiger partial charge in [-0.05, 0) is 55.7 Å². The van der Waals surface area contributed by atoms with Crippen LogP contribution >= 0.6 is 0 Å². The quantitative estimate of drug-likeness (QED) is 0.706. The zero-order valence-corrected chi connectivity index (χ0v) is 8.37. The van der Waals surface area contributed by atoms with Crippen molar-refractivity contribution in [2.45, 2.75) is 25.2 Å². The summed E-state index contributed by atoms with van der Waals surface area (Å²) in [4.78, 5) is 0. The Morgan fingerprint density at radius 1 is 1.29 bits per heavy atom. The van der Waals surface area contributed by atoms with Gasteiger partial charge >= 0.3 is 0 Å². The van der Waals surface area contributed by atoms with Crippen LogP contribution in [0.4, 0.5) is 0 Å². The third kappa shape index (κ3) is 1.36. The monoisotopic (exact) mass is 191 g/mol. The predicted molar refractivity (Wildman–Crippen MR) is 55.0 cm³/mol. The molecule has 2 N–H and O–H groups in total. The van der Waals surface area contributed by atoms with E-state index in [2.05, 4.69) is 21.7 Å². The molecule has 2 bridgehead atoms. The Kier molecular flexibility index (Phi) is 2.05. The molecule has 3 heteroatoms. The van der Waals surface area contributed by atoms with Gasteiger partial charge in [-0.3, -0.25) is 5.10 Å². The smallest absolute Gasteiger partial charge is 0.0522 e. The lowest BCUT2D eigenvalue weighted by atomic mass is 9.70.